The molecular weight excluding hydrogens is 254 g/mol. The van der Waals surface area contributed by atoms with E-state index in [1.54, 1.807) is 11.3 Å². The van der Waals surface area contributed by atoms with Crippen molar-refractivity contribution in [2.45, 2.75) is 27.7 Å². The minimum atomic E-state index is 0.740. The highest BCUT2D eigenvalue weighted by Gasteiger charge is 2.17. The van der Waals surface area contributed by atoms with Crippen LogP contribution >= 0.6 is 11.3 Å². The number of aryl methyl sites for hydroxylation is 4. The Hall–Kier alpha value is -1.81. The Morgan fingerprint density at radius 2 is 1.89 bits per heavy atom. The summed E-state index contributed by atoms with van der Waals surface area (Å²) in [6, 6.07) is 6.38. The van der Waals surface area contributed by atoms with Crippen LogP contribution in [0.3, 0.4) is 0 Å². The molecule has 4 heteroatoms. The summed E-state index contributed by atoms with van der Waals surface area (Å²) < 4.78 is 2.05. The molecule has 0 saturated heterocycles. The van der Waals surface area contributed by atoms with Gasteiger partial charge in [0.05, 0.1) is 0 Å². The van der Waals surface area contributed by atoms with Crippen molar-refractivity contribution in [2.75, 3.05) is 5.73 Å². The minimum Gasteiger partial charge on any atom is -0.383 e. The van der Waals surface area contributed by atoms with Crippen LogP contribution in [0.4, 0.5) is 5.82 Å². The van der Waals surface area contributed by atoms with E-state index in [4.69, 9.17) is 10.7 Å². The molecule has 0 bridgehead atoms. The Morgan fingerprint density at radius 3 is 2.53 bits per heavy atom. The molecule has 0 aliphatic rings. The summed E-state index contributed by atoms with van der Waals surface area (Å²) in [5.41, 5.74) is 12.0. The fourth-order valence-corrected chi connectivity index (χ4v) is 3.43. The number of rotatable bonds is 1. The molecule has 3 aromatic rings. The zero-order valence-electron chi connectivity index (χ0n) is 11.6. The Morgan fingerprint density at radius 1 is 1.16 bits per heavy atom. The number of anilines is 1. The van der Waals surface area contributed by atoms with Crippen LogP contribution in [-0.2, 0) is 0 Å². The number of nitrogen functional groups attached to an aromatic ring is 1. The molecule has 0 aliphatic heterocycles. The third-order valence-corrected chi connectivity index (χ3v) is 4.67. The third-order valence-electron chi connectivity index (χ3n) is 3.61. The largest absolute Gasteiger partial charge is 0.383 e. The number of fused-ring (bicyclic) bond motifs is 1. The summed E-state index contributed by atoms with van der Waals surface area (Å²) in [6.45, 7) is 8.39. The smallest absolute Gasteiger partial charge is 0.196 e. The summed E-state index contributed by atoms with van der Waals surface area (Å²) in [7, 11) is 0. The lowest BCUT2D eigenvalue weighted by Gasteiger charge is -2.05. The molecule has 1 aromatic carbocycles. The first kappa shape index (κ1) is 12.2. The normalized spacial score (nSPS) is 11.4. The molecule has 0 aliphatic carbocycles. The van der Waals surface area contributed by atoms with E-state index >= 15 is 0 Å². The van der Waals surface area contributed by atoms with E-state index < -0.39 is 0 Å². The van der Waals surface area contributed by atoms with Crippen molar-refractivity contribution in [3.8, 4) is 11.3 Å². The van der Waals surface area contributed by atoms with Crippen molar-refractivity contribution in [1.29, 1.82) is 0 Å². The lowest BCUT2D eigenvalue weighted by atomic mass is 10.0. The number of benzene rings is 1. The lowest BCUT2D eigenvalue weighted by molar-refractivity contribution is 1.12. The average molecular weight is 271 g/mol. The second-order valence-corrected chi connectivity index (χ2v) is 6.21. The van der Waals surface area contributed by atoms with Crippen molar-refractivity contribution in [2.24, 2.45) is 0 Å². The molecule has 0 spiro atoms. The average Bonchev–Trinajstić information content (AvgIpc) is 2.79. The van der Waals surface area contributed by atoms with Crippen molar-refractivity contribution in [3.63, 3.8) is 0 Å². The van der Waals surface area contributed by atoms with E-state index in [2.05, 4.69) is 50.3 Å². The molecule has 3 rings (SSSR count). The van der Waals surface area contributed by atoms with Gasteiger partial charge in [0.1, 0.15) is 11.5 Å². The Kier molecular flexibility index (Phi) is 2.64. The molecule has 2 heterocycles. The third kappa shape index (κ3) is 1.75. The Bertz CT molecular complexity index is 780. The predicted octanol–water partition coefficient (Wildman–Crippen LogP) is 3.88. The summed E-state index contributed by atoms with van der Waals surface area (Å²) in [6.07, 6.45) is 0. The van der Waals surface area contributed by atoms with Gasteiger partial charge in [-0.05, 0) is 33.3 Å². The zero-order valence-corrected chi connectivity index (χ0v) is 12.4. The molecule has 0 saturated carbocycles. The number of nitrogens with two attached hydrogens (primary N) is 1. The highest BCUT2D eigenvalue weighted by atomic mass is 32.1. The lowest BCUT2D eigenvalue weighted by Crippen LogP contribution is -1.96. The van der Waals surface area contributed by atoms with E-state index in [-0.39, 0.29) is 0 Å². The van der Waals surface area contributed by atoms with Gasteiger partial charge in [-0.25, -0.2) is 4.98 Å². The highest BCUT2D eigenvalue weighted by Crippen LogP contribution is 2.33. The molecule has 0 radical (unpaired) electrons. The first-order valence-electron chi connectivity index (χ1n) is 6.30. The van der Waals surface area contributed by atoms with Crippen LogP contribution in [0.5, 0.6) is 0 Å². The quantitative estimate of drug-likeness (QED) is 0.730. The molecule has 3 nitrogen and oxygen atoms in total. The summed E-state index contributed by atoms with van der Waals surface area (Å²) in [5, 5.41) is 0. The minimum absolute atomic E-state index is 0.740. The number of aromatic nitrogens is 2. The van der Waals surface area contributed by atoms with Crippen LogP contribution in [0.25, 0.3) is 16.2 Å². The molecule has 19 heavy (non-hydrogen) atoms. The van der Waals surface area contributed by atoms with Gasteiger partial charge in [0, 0.05) is 16.1 Å². The van der Waals surface area contributed by atoms with E-state index in [1.165, 1.54) is 21.7 Å². The van der Waals surface area contributed by atoms with E-state index in [0.29, 0.717) is 0 Å². The SMILES string of the molecule is Cc1ccc(-c2nc3sc(C)c(C)n3c2N)c(C)c1. The van der Waals surface area contributed by atoms with Crippen LogP contribution in [-0.4, -0.2) is 9.38 Å². The molecule has 0 unspecified atom stereocenters. The van der Waals surface area contributed by atoms with Gasteiger partial charge in [-0.3, -0.25) is 4.40 Å². The van der Waals surface area contributed by atoms with Crippen molar-refractivity contribution in [3.05, 3.63) is 39.9 Å². The molecule has 2 N–H and O–H groups in total. The zero-order chi connectivity index (χ0) is 13.7. The molecule has 0 fully saturated rings. The number of hydrogen-bond acceptors (Lipinski definition) is 3. The van der Waals surface area contributed by atoms with Crippen LogP contribution in [0, 0.1) is 27.7 Å². The summed E-state index contributed by atoms with van der Waals surface area (Å²) in [4.78, 5) is 6.95. The maximum Gasteiger partial charge on any atom is 0.196 e. The fraction of sp³-hybridized carbons (Fsp3) is 0.267. The standard InChI is InChI=1S/C15H17N3S/c1-8-5-6-12(9(2)7-8)13-14(16)18-10(3)11(4)19-15(18)17-13/h5-7H,16H2,1-4H3. The molecule has 98 valence electrons. The van der Waals surface area contributed by atoms with Gasteiger partial charge in [0.25, 0.3) is 0 Å². The number of thiazole rings is 1. The first-order valence-corrected chi connectivity index (χ1v) is 7.12. The first-order chi connectivity index (χ1) is 8.99. The van der Waals surface area contributed by atoms with Gasteiger partial charge >= 0.3 is 0 Å². The molecular formula is C15H17N3S. The van der Waals surface area contributed by atoms with Gasteiger partial charge in [-0.15, -0.1) is 11.3 Å². The summed E-state index contributed by atoms with van der Waals surface area (Å²) in [5.74, 6) is 0.740. The Balaban J connectivity index is 2.28. The van der Waals surface area contributed by atoms with Crippen molar-refractivity contribution >= 4 is 22.1 Å². The second-order valence-electron chi connectivity index (χ2n) is 5.03. The number of nitrogens with zero attached hydrogens (tertiary/aromatic N) is 2. The van der Waals surface area contributed by atoms with Gasteiger partial charge in [-0.2, -0.15) is 0 Å². The van der Waals surface area contributed by atoms with Crippen LogP contribution in [0.15, 0.2) is 18.2 Å². The van der Waals surface area contributed by atoms with Gasteiger partial charge in [-0.1, -0.05) is 23.8 Å². The molecule has 0 atom stereocenters. The monoisotopic (exact) mass is 271 g/mol. The predicted molar refractivity (Wildman–Crippen MR) is 81.9 cm³/mol. The van der Waals surface area contributed by atoms with Gasteiger partial charge in [0.2, 0.25) is 0 Å². The van der Waals surface area contributed by atoms with E-state index in [0.717, 1.165) is 22.0 Å². The van der Waals surface area contributed by atoms with Crippen LogP contribution < -0.4 is 5.73 Å². The van der Waals surface area contributed by atoms with Crippen LogP contribution in [0.2, 0.25) is 0 Å². The molecule has 0 amide bonds. The highest BCUT2D eigenvalue weighted by molar-refractivity contribution is 7.17. The topological polar surface area (TPSA) is 43.3 Å². The summed E-state index contributed by atoms with van der Waals surface area (Å²) >= 11 is 1.69. The van der Waals surface area contributed by atoms with Crippen molar-refractivity contribution < 1.29 is 0 Å². The maximum atomic E-state index is 6.30. The molecule has 2 aromatic heterocycles. The number of imidazole rings is 1. The second kappa shape index (κ2) is 4.10. The fourth-order valence-electron chi connectivity index (χ4n) is 2.45. The van der Waals surface area contributed by atoms with Gasteiger partial charge < -0.3 is 5.73 Å². The maximum absolute atomic E-state index is 6.30. The Labute approximate surface area is 116 Å². The number of hydrogen-bond donors (Lipinski definition) is 1. The van der Waals surface area contributed by atoms with Gasteiger partial charge in [0.15, 0.2) is 4.96 Å². The van der Waals surface area contributed by atoms with E-state index in [1.807, 2.05) is 0 Å². The van der Waals surface area contributed by atoms with E-state index in [9.17, 15) is 0 Å². The van der Waals surface area contributed by atoms with Crippen LogP contribution in [0.1, 0.15) is 21.7 Å². The van der Waals surface area contributed by atoms with Crippen molar-refractivity contribution in [1.82, 2.24) is 9.38 Å².